The van der Waals surface area contributed by atoms with Crippen molar-refractivity contribution in [3.05, 3.63) is 33.1 Å². The van der Waals surface area contributed by atoms with Crippen molar-refractivity contribution in [1.82, 2.24) is 0 Å². The first-order valence-corrected chi connectivity index (χ1v) is 4.54. The van der Waals surface area contributed by atoms with E-state index >= 15 is 0 Å². The van der Waals surface area contributed by atoms with E-state index in [4.69, 9.17) is 5.11 Å². The van der Waals surface area contributed by atoms with Crippen LogP contribution >= 0.6 is 0 Å². The summed E-state index contributed by atoms with van der Waals surface area (Å²) in [7, 11) is 0. The van der Waals surface area contributed by atoms with E-state index in [9.17, 15) is 32.9 Å². The number of nitro groups is 1. The topological polar surface area (TPSA) is 110 Å². The molecule has 7 nitrogen and oxygen atoms in total. The first kappa shape index (κ1) is 14.4. The zero-order valence-corrected chi connectivity index (χ0v) is 9.16. The molecule has 0 aliphatic heterocycles. The first-order valence-electron chi connectivity index (χ1n) is 4.54. The summed E-state index contributed by atoms with van der Waals surface area (Å²) in [6.45, 7) is 0.832. The number of carboxylic acid groups (broad SMARTS) is 1. The molecule has 0 heterocycles. The maximum atomic E-state index is 13.6. The standard InChI is InChI=1S/C9H5F3N2O5/c1-2(15)13-7-3(9(16)17)4(10)5(11)8(6(7)12)14(18)19/h1H3,(H,13,15)(H,16,17). The number of carbonyl (C=O) groups excluding carboxylic acids is 1. The van der Waals surface area contributed by atoms with Crippen LogP contribution < -0.4 is 5.32 Å². The lowest BCUT2D eigenvalue weighted by Gasteiger charge is -2.10. The fraction of sp³-hybridized carbons (Fsp3) is 0.111. The summed E-state index contributed by atoms with van der Waals surface area (Å²) in [4.78, 5) is 30.3. The maximum absolute atomic E-state index is 13.6. The number of halogens is 3. The van der Waals surface area contributed by atoms with Crippen molar-refractivity contribution < 1.29 is 32.8 Å². The number of carboxylic acids is 1. The van der Waals surface area contributed by atoms with Gasteiger partial charge in [0, 0.05) is 6.92 Å². The Bertz CT molecular complexity index is 602. The van der Waals surface area contributed by atoms with Gasteiger partial charge >= 0.3 is 11.7 Å². The van der Waals surface area contributed by atoms with Crippen molar-refractivity contribution in [3.8, 4) is 0 Å². The maximum Gasteiger partial charge on any atom is 0.345 e. The fourth-order valence-corrected chi connectivity index (χ4v) is 1.30. The van der Waals surface area contributed by atoms with Gasteiger partial charge < -0.3 is 10.4 Å². The second-order valence-corrected chi connectivity index (χ2v) is 3.28. The van der Waals surface area contributed by atoms with E-state index in [2.05, 4.69) is 0 Å². The Balaban J connectivity index is 3.80. The number of aromatic carboxylic acids is 1. The number of nitro benzene ring substituents is 1. The van der Waals surface area contributed by atoms with Crippen LogP contribution in [0.5, 0.6) is 0 Å². The fourth-order valence-electron chi connectivity index (χ4n) is 1.30. The molecule has 0 radical (unpaired) electrons. The highest BCUT2D eigenvalue weighted by Crippen LogP contribution is 2.34. The van der Waals surface area contributed by atoms with Crippen LogP contribution in [0.1, 0.15) is 17.3 Å². The van der Waals surface area contributed by atoms with Crippen molar-refractivity contribution in [3.63, 3.8) is 0 Å². The third-order valence-electron chi connectivity index (χ3n) is 1.99. The number of hydrogen-bond donors (Lipinski definition) is 2. The molecule has 1 rings (SSSR count). The zero-order chi connectivity index (χ0) is 14.9. The largest absolute Gasteiger partial charge is 0.478 e. The average molecular weight is 278 g/mol. The minimum absolute atomic E-state index is 0.832. The third-order valence-corrected chi connectivity index (χ3v) is 1.99. The van der Waals surface area contributed by atoms with E-state index in [0.717, 1.165) is 6.92 Å². The van der Waals surface area contributed by atoms with Crippen molar-refractivity contribution in [1.29, 1.82) is 0 Å². The monoisotopic (exact) mass is 278 g/mol. The Morgan fingerprint density at radius 3 is 2.11 bits per heavy atom. The molecule has 2 N–H and O–H groups in total. The van der Waals surface area contributed by atoms with Crippen molar-refractivity contribution in [2.24, 2.45) is 0 Å². The van der Waals surface area contributed by atoms with Gasteiger partial charge in [-0.1, -0.05) is 0 Å². The Morgan fingerprint density at radius 1 is 1.21 bits per heavy atom. The van der Waals surface area contributed by atoms with Crippen molar-refractivity contribution >= 4 is 23.3 Å². The second-order valence-electron chi connectivity index (χ2n) is 3.28. The first-order chi connectivity index (χ1) is 8.68. The molecule has 0 spiro atoms. The molecule has 0 bridgehead atoms. The van der Waals surface area contributed by atoms with Gasteiger partial charge in [-0.2, -0.15) is 8.78 Å². The lowest BCUT2D eigenvalue weighted by molar-refractivity contribution is -0.390. The Hall–Kier alpha value is -2.65. The summed E-state index contributed by atoms with van der Waals surface area (Å²) in [5.41, 5.74) is -4.72. The van der Waals surface area contributed by atoms with Gasteiger partial charge in [-0.3, -0.25) is 14.9 Å². The van der Waals surface area contributed by atoms with Gasteiger partial charge in [0.2, 0.25) is 17.5 Å². The van der Waals surface area contributed by atoms with Crippen LogP contribution in [-0.2, 0) is 4.79 Å². The van der Waals surface area contributed by atoms with E-state index in [1.165, 1.54) is 0 Å². The van der Waals surface area contributed by atoms with Crippen LogP contribution in [0.25, 0.3) is 0 Å². The number of amides is 1. The summed E-state index contributed by atoms with van der Waals surface area (Å²) in [6.07, 6.45) is 0. The summed E-state index contributed by atoms with van der Waals surface area (Å²) in [5, 5.41) is 20.6. The van der Waals surface area contributed by atoms with E-state index in [1.54, 1.807) is 5.32 Å². The van der Waals surface area contributed by atoms with Gasteiger partial charge in [0.1, 0.15) is 11.3 Å². The molecule has 0 unspecified atom stereocenters. The summed E-state index contributed by atoms with van der Waals surface area (Å²) >= 11 is 0. The third kappa shape index (κ3) is 2.46. The van der Waals surface area contributed by atoms with Gasteiger partial charge in [0.25, 0.3) is 0 Å². The Kier molecular flexibility index (Phi) is 3.73. The lowest BCUT2D eigenvalue weighted by atomic mass is 10.1. The predicted molar refractivity (Wildman–Crippen MR) is 54.2 cm³/mol. The van der Waals surface area contributed by atoms with Gasteiger partial charge in [-0.15, -0.1) is 0 Å². The number of nitrogens with one attached hydrogen (secondary N) is 1. The minimum Gasteiger partial charge on any atom is -0.478 e. The summed E-state index contributed by atoms with van der Waals surface area (Å²) in [6, 6.07) is 0. The lowest BCUT2D eigenvalue weighted by Crippen LogP contribution is -2.17. The van der Waals surface area contributed by atoms with E-state index < -0.39 is 51.2 Å². The molecule has 0 aliphatic carbocycles. The Labute approximate surface area is 102 Å². The molecule has 0 fully saturated rings. The molecule has 102 valence electrons. The van der Waals surface area contributed by atoms with Crippen LogP contribution in [0.4, 0.5) is 24.5 Å². The average Bonchev–Trinajstić information content (AvgIpc) is 2.24. The second kappa shape index (κ2) is 4.92. The SMILES string of the molecule is CC(=O)Nc1c(F)c([N+](=O)[O-])c(F)c(F)c1C(=O)O. The quantitative estimate of drug-likeness (QED) is 0.496. The van der Waals surface area contributed by atoms with Crippen LogP contribution in [-0.4, -0.2) is 21.9 Å². The van der Waals surface area contributed by atoms with Gasteiger partial charge in [0.05, 0.1) is 4.92 Å². The highest BCUT2D eigenvalue weighted by atomic mass is 19.2. The number of nitrogens with zero attached hydrogens (tertiary/aromatic N) is 1. The molecule has 0 aliphatic rings. The minimum atomic E-state index is -2.26. The molecule has 10 heteroatoms. The molecule has 0 saturated carbocycles. The van der Waals surface area contributed by atoms with Crippen LogP contribution in [0, 0.1) is 27.6 Å². The molecular weight excluding hydrogens is 273 g/mol. The number of hydrogen-bond acceptors (Lipinski definition) is 4. The molecule has 0 aromatic heterocycles. The van der Waals surface area contributed by atoms with E-state index in [1.807, 2.05) is 0 Å². The molecule has 0 atom stereocenters. The smallest absolute Gasteiger partial charge is 0.345 e. The normalized spacial score (nSPS) is 10.1. The van der Waals surface area contributed by atoms with Gasteiger partial charge in [-0.25, -0.2) is 9.18 Å². The van der Waals surface area contributed by atoms with Gasteiger partial charge in [-0.05, 0) is 0 Å². The molecule has 0 saturated heterocycles. The van der Waals surface area contributed by atoms with Crippen molar-refractivity contribution in [2.75, 3.05) is 5.32 Å². The Morgan fingerprint density at radius 2 is 1.74 bits per heavy atom. The molecule has 1 aromatic rings. The number of benzene rings is 1. The van der Waals surface area contributed by atoms with E-state index in [0.29, 0.717) is 0 Å². The van der Waals surface area contributed by atoms with Gasteiger partial charge in [0.15, 0.2) is 5.82 Å². The highest BCUT2D eigenvalue weighted by molar-refractivity contribution is 6.01. The zero-order valence-electron chi connectivity index (χ0n) is 9.16. The molecular formula is C9H5F3N2O5. The number of anilines is 1. The van der Waals surface area contributed by atoms with Crippen molar-refractivity contribution in [2.45, 2.75) is 6.92 Å². The number of rotatable bonds is 3. The predicted octanol–water partition coefficient (Wildman–Crippen LogP) is 1.67. The van der Waals surface area contributed by atoms with Crippen LogP contribution in [0.15, 0.2) is 0 Å². The molecule has 1 aromatic carbocycles. The summed E-state index contributed by atoms with van der Waals surface area (Å²) in [5.74, 6) is -9.47. The summed E-state index contributed by atoms with van der Waals surface area (Å²) < 4.78 is 40.2. The number of carbonyl (C=O) groups is 2. The van der Waals surface area contributed by atoms with E-state index in [-0.39, 0.29) is 0 Å². The molecule has 19 heavy (non-hydrogen) atoms. The molecule has 1 amide bonds. The highest BCUT2D eigenvalue weighted by Gasteiger charge is 2.35. The van der Waals surface area contributed by atoms with Crippen LogP contribution in [0.3, 0.4) is 0 Å². The van der Waals surface area contributed by atoms with Crippen LogP contribution in [0.2, 0.25) is 0 Å².